The summed E-state index contributed by atoms with van der Waals surface area (Å²) in [7, 11) is 1.58. The molecule has 26 heavy (non-hydrogen) atoms. The number of primary amides is 1. The minimum Gasteiger partial charge on any atom is -0.368 e. The SMILES string of the molecule is CCCCC(NC(=O)c1cccc(-c2ccc(C(=O)NC)s2)c1)C(N)=O. The lowest BCUT2D eigenvalue weighted by Crippen LogP contribution is -2.44. The summed E-state index contributed by atoms with van der Waals surface area (Å²) < 4.78 is 0. The second-order valence-electron chi connectivity index (χ2n) is 5.89. The number of hydrogen-bond donors (Lipinski definition) is 3. The lowest BCUT2D eigenvalue weighted by molar-refractivity contribution is -0.120. The minimum absolute atomic E-state index is 0.143. The van der Waals surface area contributed by atoms with Crippen molar-refractivity contribution in [1.82, 2.24) is 10.6 Å². The Morgan fingerprint density at radius 3 is 2.58 bits per heavy atom. The molecule has 1 heterocycles. The molecule has 6 nitrogen and oxygen atoms in total. The van der Waals surface area contributed by atoms with Gasteiger partial charge in [0.2, 0.25) is 5.91 Å². The van der Waals surface area contributed by atoms with Crippen LogP contribution < -0.4 is 16.4 Å². The topological polar surface area (TPSA) is 101 Å². The summed E-state index contributed by atoms with van der Waals surface area (Å²) in [5, 5.41) is 5.29. The number of thiophene rings is 1. The average molecular weight is 373 g/mol. The molecule has 1 unspecified atom stereocenters. The summed E-state index contributed by atoms with van der Waals surface area (Å²) in [6.07, 6.45) is 2.25. The number of nitrogens with one attached hydrogen (secondary N) is 2. The highest BCUT2D eigenvalue weighted by atomic mass is 32.1. The van der Waals surface area contributed by atoms with E-state index in [2.05, 4.69) is 10.6 Å². The Kier molecular flexibility index (Phi) is 6.91. The molecule has 3 amide bonds. The molecule has 4 N–H and O–H groups in total. The van der Waals surface area contributed by atoms with E-state index >= 15 is 0 Å². The molecule has 138 valence electrons. The van der Waals surface area contributed by atoms with E-state index in [-0.39, 0.29) is 11.8 Å². The summed E-state index contributed by atoms with van der Waals surface area (Å²) in [6, 6.07) is 10.00. The molecule has 2 aromatic rings. The quantitative estimate of drug-likeness (QED) is 0.663. The summed E-state index contributed by atoms with van der Waals surface area (Å²) in [6.45, 7) is 2.01. The second-order valence-corrected chi connectivity index (χ2v) is 6.98. The average Bonchev–Trinajstić information content (AvgIpc) is 3.14. The fourth-order valence-corrected chi connectivity index (χ4v) is 3.44. The molecule has 0 saturated carbocycles. The van der Waals surface area contributed by atoms with Crippen molar-refractivity contribution in [2.45, 2.75) is 32.2 Å². The number of unbranched alkanes of at least 4 members (excludes halogenated alkanes) is 1. The normalized spacial score (nSPS) is 11.6. The molecule has 0 saturated heterocycles. The van der Waals surface area contributed by atoms with Gasteiger partial charge in [0.25, 0.3) is 11.8 Å². The molecule has 2 rings (SSSR count). The number of nitrogens with two attached hydrogens (primary N) is 1. The van der Waals surface area contributed by atoms with Crippen LogP contribution in [0.15, 0.2) is 36.4 Å². The van der Waals surface area contributed by atoms with Gasteiger partial charge in [-0.1, -0.05) is 31.9 Å². The van der Waals surface area contributed by atoms with Crippen molar-refractivity contribution in [1.29, 1.82) is 0 Å². The van der Waals surface area contributed by atoms with Crippen molar-refractivity contribution in [3.63, 3.8) is 0 Å². The van der Waals surface area contributed by atoms with Gasteiger partial charge < -0.3 is 16.4 Å². The Hall–Kier alpha value is -2.67. The molecule has 0 bridgehead atoms. The molecule has 1 aromatic carbocycles. The fourth-order valence-electron chi connectivity index (χ4n) is 2.49. The third kappa shape index (κ3) is 4.92. The van der Waals surface area contributed by atoms with E-state index < -0.39 is 11.9 Å². The Morgan fingerprint density at radius 2 is 1.92 bits per heavy atom. The third-order valence-corrected chi connectivity index (χ3v) is 5.09. The van der Waals surface area contributed by atoms with Crippen LogP contribution in [0.2, 0.25) is 0 Å². The number of hydrogen-bond acceptors (Lipinski definition) is 4. The van der Waals surface area contributed by atoms with Crippen LogP contribution in [0.3, 0.4) is 0 Å². The molecular weight excluding hydrogens is 350 g/mol. The maximum Gasteiger partial charge on any atom is 0.261 e. The molecular formula is C19H23N3O3S. The largest absolute Gasteiger partial charge is 0.368 e. The summed E-state index contributed by atoms with van der Waals surface area (Å²) in [5.41, 5.74) is 6.66. The van der Waals surface area contributed by atoms with Crippen molar-refractivity contribution in [3.05, 3.63) is 46.8 Å². The zero-order chi connectivity index (χ0) is 19.1. The van der Waals surface area contributed by atoms with E-state index in [1.54, 1.807) is 31.3 Å². The highest BCUT2D eigenvalue weighted by Gasteiger charge is 2.19. The molecule has 1 aromatic heterocycles. The predicted octanol–water partition coefficient (Wildman–Crippen LogP) is 2.55. The van der Waals surface area contributed by atoms with E-state index in [0.717, 1.165) is 23.3 Å². The van der Waals surface area contributed by atoms with Gasteiger partial charge in [-0.3, -0.25) is 14.4 Å². The maximum atomic E-state index is 12.5. The highest BCUT2D eigenvalue weighted by Crippen LogP contribution is 2.28. The minimum atomic E-state index is -0.673. The van der Waals surface area contributed by atoms with Crippen LogP contribution in [0.4, 0.5) is 0 Å². The van der Waals surface area contributed by atoms with Crippen LogP contribution >= 0.6 is 11.3 Å². The van der Waals surface area contributed by atoms with Crippen molar-refractivity contribution in [3.8, 4) is 10.4 Å². The first-order valence-corrected chi connectivity index (χ1v) is 9.30. The lowest BCUT2D eigenvalue weighted by Gasteiger charge is -2.15. The smallest absolute Gasteiger partial charge is 0.261 e. The van der Waals surface area contributed by atoms with Crippen molar-refractivity contribution in [2.75, 3.05) is 7.05 Å². The number of rotatable bonds is 8. The van der Waals surface area contributed by atoms with Gasteiger partial charge in [0.15, 0.2) is 0 Å². The van der Waals surface area contributed by atoms with E-state index in [9.17, 15) is 14.4 Å². The predicted molar refractivity (Wildman–Crippen MR) is 103 cm³/mol. The fraction of sp³-hybridized carbons (Fsp3) is 0.316. The standard InChI is InChI=1S/C19H23N3O3S/c1-3-4-8-14(17(20)23)22-18(24)13-7-5-6-12(11-13)15-9-10-16(26-15)19(25)21-2/h5-7,9-11,14H,3-4,8H2,1-2H3,(H2,20,23)(H,21,25)(H,22,24). The van der Waals surface area contributed by atoms with Crippen molar-refractivity contribution >= 4 is 29.1 Å². The first kappa shape index (κ1) is 19.7. The molecule has 0 aliphatic heterocycles. The Morgan fingerprint density at radius 1 is 1.15 bits per heavy atom. The summed E-state index contributed by atoms with van der Waals surface area (Å²) in [4.78, 5) is 37.2. The monoisotopic (exact) mass is 373 g/mol. The van der Waals surface area contributed by atoms with Crippen LogP contribution in [-0.2, 0) is 4.79 Å². The Balaban J connectivity index is 2.17. The van der Waals surface area contributed by atoms with Gasteiger partial charge in [0, 0.05) is 17.5 Å². The third-order valence-electron chi connectivity index (χ3n) is 3.96. The van der Waals surface area contributed by atoms with E-state index in [0.29, 0.717) is 16.9 Å². The van der Waals surface area contributed by atoms with Gasteiger partial charge in [-0.05, 0) is 36.2 Å². The van der Waals surface area contributed by atoms with Crippen LogP contribution in [0.25, 0.3) is 10.4 Å². The zero-order valence-electron chi connectivity index (χ0n) is 14.9. The number of carbonyl (C=O) groups excluding carboxylic acids is 3. The molecule has 1 atom stereocenters. The Labute approximate surface area is 156 Å². The molecule has 0 spiro atoms. The molecule has 0 aliphatic carbocycles. The van der Waals surface area contributed by atoms with Crippen LogP contribution in [0.5, 0.6) is 0 Å². The van der Waals surface area contributed by atoms with Gasteiger partial charge in [-0.2, -0.15) is 0 Å². The summed E-state index contributed by atoms with van der Waals surface area (Å²) >= 11 is 1.35. The molecule has 0 aliphatic rings. The number of amides is 3. The van der Waals surface area contributed by atoms with Gasteiger partial charge in [-0.25, -0.2) is 0 Å². The van der Waals surface area contributed by atoms with E-state index in [1.807, 2.05) is 19.1 Å². The summed E-state index contributed by atoms with van der Waals surface area (Å²) in [5.74, 6) is -1.01. The van der Waals surface area contributed by atoms with Crippen LogP contribution in [0, 0.1) is 0 Å². The number of carbonyl (C=O) groups is 3. The van der Waals surface area contributed by atoms with Crippen LogP contribution in [0.1, 0.15) is 46.2 Å². The number of benzene rings is 1. The highest BCUT2D eigenvalue weighted by molar-refractivity contribution is 7.17. The van der Waals surface area contributed by atoms with Crippen LogP contribution in [-0.4, -0.2) is 30.8 Å². The van der Waals surface area contributed by atoms with Crippen molar-refractivity contribution in [2.24, 2.45) is 5.73 Å². The zero-order valence-corrected chi connectivity index (χ0v) is 15.7. The first-order chi connectivity index (χ1) is 12.5. The maximum absolute atomic E-state index is 12.5. The first-order valence-electron chi connectivity index (χ1n) is 8.48. The molecule has 7 heteroatoms. The van der Waals surface area contributed by atoms with Gasteiger partial charge >= 0.3 is 0 Å². The molecule has 0 radical (unpaired) electrons. The van der Waals surface area contributed by atoms with Gasteiger partial charge in [0.1, 0.15) is 6.04 Å². The van der Waals surface area contributed by atoms with Gasteiger partial charge in [0.05, 0.1) is 4.88 Å². The van der Waals surface area contributed by atoms with E-state index in [4.69, 9.17) is 5.73 Å². The second kappa shape index (κ2) is 9.15. The van der Waals surface area contributed by atoms with Gasteiger partial charge in [-0.15, -0.1) is 11.3 Å². The van der Waals surface area contributed by atoms with E-state index in [1.165, 1.54) is 11.3 Å². The lowest BCUT2D eigenvalue weighted by atomic mass is 10.1. The molecule has 0 fully saturated rings. The van der Waals surface area contributed by atoms with Crippen molar-refractivity contribution < 1.29 is 14.4 Å². The Bertz CT molecular complexity index is 801.